The van der Waals surface area contributed by atoms with Crippen LogP contribution in [-0.2, 0) is 74.9 Å². The van der Waals surface area contributed by atoms with Gasteiger partial charge in [0, 0.05) is 55.9 Å². The van der Waals surface area contributed by atoms with Crippen LogP contribution in [0.2, 0.25) is 5.02 Å². The maximum absolute atomic E-state index is 15.7. The zero-order valence-corrected chi connectivity index (χ0v) is 62.2. The summed E-state index contributed by atoms with van der Waals surface area (Å²) in [5.74, 6) is -9.19. The molecule has 7 rings (SSSR count). The van der Waals surface area contributed by atoms with E-state index in [1.165, 1.54) is 79.9 Å². The second-order valence-corrected chi connectivity index (χ2v) is 30.3. The Balaban J connectivity index is 1.29. The number of fused-ring (bicyclic) bond motifs is 3. The van der Waals surface area contributed by atoms with Crippen LogP contribution < -0.4 is 16.0 Å². The zero-order valence-electron chi connectivity index (χ0n) is 61.5. The lowest BCUT2D eigenvalue weighted by atomic mass is 9.84. The zero-order chi connectivity index (χ0) is 74.7. The van der Waals surface area contributed by atoms with E-state index in [2.05, 4.69) is 16.0 Å². The van der Waals surface area contributed by atoms with Gasteiger partial charge in [-0.2, -0.15) is 13.2 Å². The molecule has 0 aromatic heterocycles. The fraction of sp³-hybridized carbons (Fsp3) is 0.750. The molecule has 11 atom stereocenters. The molecular formula is C72H110ClF3N12O13. The number of hydrogen-bond donors (Lipinski definition) is 3. The molecule has 2 unspecified atom stereocenters. The monoisotopic (exact) mass is 1440 g/mol. The van der Waals surface area contributed by atoms with Gasteiger partial charge in [-0.15, -0.1) is 0 Å². The molecule has 4 aliphatic heterocycles. The average Bonchev–Trinajstić information content (AvgIpc) is 1.73. The van der Waals surface area contributed by atoms with Crippen LogP contribution in [0.1, 0.15) is 175 Å². The molecule has 6 aliphatic rings. The van der Waals surface area contributed by atoms with Crippen molar-refractivity contribution in [1.82, 2.24) is 60.0 Å². The molecule has 1 spiro atoms. The van der Waals surface area contributed by atoms with Gasteiger partial charge in [-0.3, -0.25) is 57.5 Å². The van der Waals surface area contributed by atoms with Gasteiger partial charge < -0.3 is 64.8 Å². The fourth-order valence-corrected chi connectivity index (χ4v) is 15.9. The van der Waals surface area contributed by atoms with Gasteiger partial charge in [-0.25, -0.2) is 0 Å². The van der Waals surface area contributed by atoms with E-state index >= 15 is 28.8 Å². The number of halogens is 4. The quantitative estimate of drug-likeness (QED) is 0.241. The summed E-state index contributed by atoms with van der Waals surface area (Å²) >= 11 is 6.16. The Hall–Kier alpha value is -7.10. The number of aryl methyl sites for hydroxylation is 1. The number of carbonyl (C=O) groups is 12. The molecule has 25 nitrogen and oxygen atoms in total. The van der Waals surface area contributed by atoms with Crippen molar-refractivity contribution >= 4 is 82.5 Å². The van der Waals surface area contributed by atoms with E-state index in [1.807, 2.05) is 27.7 Å². The highest BCUT2D eigenvalue weighted by Gasteiger charge is 2.52. The number of benzene rings is 1. The molecule has 4 saturated heterocycles. The number of nitrogens with one attached hydrogen (secondary N) is 3. The predicted molar refractivity (Wildman–Crippen MR) is 371 cm³/mol. The number of nitrogens with zero attached hydrogens (tertiary/aromatic N) is 9. The lowest BCUT2D eigenvalue weighted by Crippen LogP contribution is -2.65. The minimum absolute atomic E-state index is 0.0148. The van der Waals surface area contributed by atoms with Gasteiger partial charge in [0.05, 0.1) is 61.9 Å². The Morgan fingerprint density at radius 2 is 1.25 bits per heavy atom. The summed E-state index contributed by atoms with van der Waals surface area (Å²) in [6.45, 7) is 9.73. The second kappa shape index (κ2) is 35.4. The molecule has 6 fully saturated rings. The van der Waals surface area contributed by atoms with Crippen molar-refractivity contribution < 1.29 is 75.4 Å². The summed E-state index contributed by atoms with van der Waals surface area (Å²) < 4.78 is 47.5. The van der Waals surface area contributed by atoms with E-state index in [-0.39, 0.29) is 88.6 Å². The number of likely N-dealkylation sites (N-methyl/N-ethyl adjacent to an activating group) is 7. The summed E-state index contributed by atoms with van der Waals surface area (Å²) in [6.07, 6.45) is 2.73. The number of carbonyl (C=O) groups excluding carboxylic acids is 12. The first kappa shape index (κ1) is 81.2. The van der Waals surface area contributed by atoms with E-state index < -0.39 is 173 Å². The number of morpholine rings is 1. The minimum Gasteiger partial charge on any atom is -0.377 e. The van der Waals surface area contributed by atoms with Crippen molar-refractivity contribution in [2.24, 2.45) is 23.7 Å². The number of rotatable bonds is 12. The van der Waals surface area contributed by atoms with Gasteiger partial charge in [0.1, 0.15) is 47.8 Å². The molecule has 2 aliphatic carbocycles. The molecular weight excluding hydrogens is 1330 g/mol. The molecule has 0 radical (unpaired) electrons. The molecule has 1 aromatic rings. The molecule has 12 amide bonds. The number of ether oxygens (including phenoxy) is 1. The van der Waals surface area contributed by atoms with Crippen molar-refractivity contribution in [2.45, 2.75) is 236 Å². The van der Waals surface area contributed by atoms with E-state index in [1.54, 1.807) is 18.7 Å². The first-order valence-electron chi connectivity index (χ1n) is 36.3. The Kier molecular flexibility index (Phi) is 28.5. The molecule has 101 heavy (non-hydrogen) atoms. The predicted octanol–water partition coefficient (Wildman–Crippen LogP) is 5.27. The van der Waals surface area contributed by atoms with Crippen molar-refractivity contribution in [2.75, 3.05) is 88.7 Å². The third kappa shape index (κ3) is 19.6. The van der Waals surface area contributed by atoms with Gasteiger partial charge in [0.15, 0.2) is 0 Å². The van der Waals surface area contributed by atoms with Crippen LogP contribution in [-0.4, -0.2) is 264 Å². The third-order valence-electron chi connectivity index (χ3n) is 22.3. The van der Waals surface area contributed by atoms with E-state index in [4.69, 9.17) is 16.3 Å². The highest BCUT2D eigenvalue weighted by molar-refractivity contribution is 6.31. The number of amides is 12. The largest absolute Gasteiger partial charge is 0.417 e. The van der Waals surface area contributed by atoms with Crippen LogP contribution in [0.5, 0.6) is 0 Å². The maximum atomic E-state index is 15.7. The SMILES string of the molecule is CC[C@H](C)[C@@H]1NC(=O)[C@H](CC(C)C)N(C)C(=O)C[C@@H](C(=O)N2C3CCC2COC3)N(C)C(=O)[C@H]([C@@H](C)CC)N(C)C(=O)C2(CCCC2)NC(=O)[C@@H]2CCCN2C(=O)[C@H](CCc2ccc(C(F)(F)F)c(Cl)c2)NC(=O)CN(C)C(=O)[C@H](CC2CCCCC2)N(C)C(=O)CN(C)C(=O)CN(C)C1=O. The molecule has 2 bridgehead atoms. The van der Waals surface area contributed by atoms with Gasteiger partial charge in [-0.05, 0) is 106 Å². The first-order valence-corrected chi connectivity index (χ1v) is 36.7. The lowest BCUT2D eigenvalue weighted by Gasteiger charge is -2.43. The minimum atomic E-state index is -4.76. The summed E-state index contributed by atoms with van der Waals surface area (Å²) in [6, 6.07) is -6.48. The topological polar surface area (TPSA) is 279 Å². The highest BCUT2D eigenvalue weighted by Crippen LogP contribution is 2.38. The number of alkyl halides is 3. The Labute approximate surface area is 598 Å². The van der Waals surface area contributed by atoms with E-state index in [0.717, 1.165) is 58.9 Å². The smallest absolute Gasteiger partial charge is 0.377 e. The molecule has 2 saturated carbocycles. The summed E-state index contributed by atoms with van der Waals surface area (Å²) in [4.78, 5) is 191. The van der Waals surface area contributed by atoms with Crippen LogP contribution in [0.15, 0.2) is 18.2 Å². The van der Waals surface area contributed by atoms with Crippen molar-refractivity contribution in [1.29, 1.82) is 0 Å². The van der Waals surface area contributed by atoms with Crippen LogP contribution in [0.3, 0.4) is 0 Å². The second-order valence-electron chi connectivity index (χ2n) is 29.9. The number of hydrogen-bond acceptors (Lipinski definition) is 13. The van der Waals surface area contributed by atoms with Crippen molar-refractivity contribution in [3.8, 4) is 0 Å². The highest BCUT2D eigenvalue weighted by atomic mass is 35.5. The van der Waals surface area contributed by atoms with Gasteiger partial charge in [0.25, 0.3) is 0 Å². The fourth-order valence-electron chi connectivity index (χ4n) is 15.6. The third-order valence-corrected chi connectivity index (χ3v) is 22.6. The first-order chi connectivity index (χ1) is 47.5. The van der Waals surface area contributed by atoms with E-state index in [0.29, 0.717) is 50.5 Å². The maximum Gasteiger partial charge on any atom is 0.417 e. The summed E-state index contributed by atoms with van der Waals surface area (Å²) in [5.41, 5.74) is -2.38. The van der Waals surface area contributed by atoms with Crippen molar-refractivity contribution in [3.63, 3.8) is 0 Å². The standard InChI is InChI=1S/C72H110ClF3N12O13/c1-14-44(5)61-68(98)82(9)39-59(91)80(7)40-60(92)84(11)55(36-46-22-17-16-18-23-46)66(96)81(8)38-57(89)77-52(30-26-47-25-29-50(51(73)35-47)72(74,75)76)65(95)87-33-21-24-53(87)64(94)79-71(31-19-20-32-71)70(100)86(13)62(45(6)15-2)69(99)85(12)56(67(97)88-48-27-28-49(88)42-101-41-48)37-58(90)83(10)54(34-43(3)4)63(93)78-61/h25,29,35,43-46,48-49,52-56,61-62H,14-24,26-28,30-34,36-42H2,1-13H3,(H,77,89)(H,78,93)(H,79,94)/t44-,45-,48?,49?,52-,53-,54-,55-,56-,61-,62-/m0/s1. The summed E-state index contributed by atoms with van der Waals surface area (Å²) in [7, 11) is 9.88. The van der Waals surface area contributed by atoms with Crippen LogP contribution in [0.25, 0.3) is 0 Å². The lowest BCUT2D eigenvalue weighted by molar-refractivity contribution is -0.159. The molecule has 3 N–H and O–H groups in total. The summed E-state index contributed by atoms with van der Waals surface area (Å²) in [5, 5.41) is 8.13. The van der Waals surface area contributed by atoms with Crippen LogP contribution in [0.4, 0.5) is 13.2 Å². The molecule has 4 heterocycles. The van der Waals surface area contributed by atoms with E-state index in [9.17, 15) is 41.9 Å². The van der Waals surface area contributed by atoms with Crippen LogP contribution in [0, 0.1) is 23.7 Å². The van der Waals surface area contributed by atoms with Crippen molar-refractivity contribution in [3.05, 3.63) is 34.3 Å². The average molecular weight is 1440 g/mol. The molecule has 564 valence electrons. The van der Waals surface area contributed by atoms with Gasteiger partial charge in [-0.1, -0.05) is 117 Å². The van der Waals surface area contributed by atoms with Gasteiger partial charge >= 0.3 is 6.18 Å². The van der Waals surface area contributed by atoms with Crippen LogP contribution >= 0.6 is 11.6 Å². The Morgan fingerprint density at radius 3 is 1.84 bits per heavy atom. The normalized spacial score (nSPS) is 27.9. The molecule has 29 heteroatoms. The Morgan fingerprint density at radius 1 is 0.644 bits per heavy atom. The van der Waals surface area contributed by atoms with Gasteiger partial charge in [0.2, 0.25) is 70.9 Å². The Bertz CT molecular complexity index is 3170. The molecule has 1 aromatic carbocycles.